The maximum absolute atomic E-state index is 3.44. The highest BCUT2D eigenvalue weighted by Gasteiger charge is 1.94. The molecule has 3 heteroatoms. The van der Waals surface area contributed by atoms with E-state index in [0.29, 0.717) is 0 Å². The molecule has 2 nitrogen and oxygen atoms in total. The number of benzene rings is 1. The lowest BCUT2D eigenvalue weighted by molar-refractivity contribution is 0.535. The maximum atomic E-state index is 3.44. The first-order valence-electron chi connectivity index (χ1n) is 6.26. The fourth-order valence-electron chi connectivity index (χ4n) is 1.54. The van der Waals surface area contributed by atoms with Gasteiger partial charge in [0, 0.05) is 24.5 Å². The van der Waals surface area contributed by atoms with Crippen LogP contribution in [0, 0.1) is 5.92 Å². The molecule has 2 N–H and O–H groups in total. The highest BCUT2D eigenvalue weighted by atomic mass is 32.2. The van der Waals surface area contributed by atoms with Crippen LogP contribution in [0.3, 0.4) is 0 Å². The number of hydrogen-bond acceptors (Lipinski definition) is 3. The monoisotopic (exact) mass is 252 g/mol. The fourth-order valence-corrected chi connectivity index (χ4v) is 1.95. The minimum absolute atomic E-state index is 0.731. The van der Waals surface area contributed by atoms with Crippen molar-refractivity contribution in [1.82, 2.24) is 10.6 Å². The predicted octanol–water partition coefficient (Wildman–Crippen LogP) is 2.74. The van der Waals surface area contributed by atoms with Crippen LogP contribution < -0.4 is 10.6 Å². The van der Waals surface area contributed by atoms with Gasteiger partial charge >= 0.3 is 0 Å². The summed E-state index contributed by atoms with van der Waals surface area (Å²) in [6, 6.07) is 8.75. The second kappa shape index (κ2) is 8.56. The van der Waals surface area contributed by atoms with Gasteiger partial charge in [-0.15, -0.1) is 11.8 Å². The number of nitrogens with one attached hydrogen (secondary N) is 2. The Balaban J connectivity index is 2.09. The Hall–Kier alpha value is -0.510. The molecule has 0 aliphatic rings. The van der Waals surface area contributed by atoms with Crippen molar-refractivity contribution in [2.45, 2.75) is 25.3 Å². The third kappa shape index (κ3) is 6.71. The first kappa shape index (κ1) is 14.6. The number of rotatable bonds is 8. The van der Waals surface area contributed by atoms with E-state index < -0.39 is 0 Å². The molecule has 0 amide bonds. The molecule has 17 heavy (non-hydrogen) atoms. The van der Waals surface area contributed by atoms with E-state index in [-0.39, 0.29) is 0 Å². The molecule has 1 aromatic carbocycles. The van der Waals surface area contributed by atoms with Crippen LogP contribution in [0.25, 0.3) is 0 Å². The van der Waals surface area contributed by atoms with Crippen molar-refractivity contribution in [2.75, 3.05) is 25.9 Å². The Kier molecular flexibility index (Phi) is 7.33. The van der Waals surface area contributed by atoms with E-state index in [4.69, 9.17) is 0 Å². The van der Waals surface area contributed by atoms with E-state index in [1.165, 1.54) is 10.5 Å². The van der Waals surface area contributed by atoms with E-state index in [1.54, 1.807) is 11.8 Å². The highest BCUT2D eigenvalue weighted by Crippen LogP contribution is 2.14. The van der Waals surface area contributed by atoms with Crippen molar-refractivity contribution in [3.8, 4) is 0 Å². The summed E-state index contributed by atoms with van der Waals surface area (Å²) in [6.45, 7) is 8.58. The standard InChI is InChI=1S/C14H24N2S/c1-12(2)10-15-8-9-16-11-13-4-6-14(17-3)7-5-13/h4-7,12,15-16H,8-11H2,1-3H3. The SMILES string of the molecule is CSc1ccc(CNCCNCC(C)C)cc1. The molecule has 0 aliphatic carbocycles. The molecule has 0 atom stereocenters. The van der Waals surface area contributed by atoms with Crippen LogP contribution >= 0.6 is 11.8 Å². The van der Waals surface area contributed by atoms with Gasteiger partial charge in [0.15, 0.2) is 0 Å². The second-order valence-electron chi connectivity index (χ2n) is 4.62. The lowest BCUT2D eigenvalue weighted by Gasteiger charge is -2.08. The van der Waals surface area contributed by atoms with Crippen LogP contribution in [0.4, 0.5) is 0 Å². The lowest BCUT2D eigenvalue weighted by Crippen LogP contribution is -2.29. The van der Waals surface area contributed by atoms with Crippen molar-refractivity contribution in [1.29, 1.82) is 0 Å². The van der Waals surface area contributed by atoms with Gasteiger partial charge < -0.3 is 10.6 Å². The molecular weight excluding hydrogens is 228 g/mol. The van der Waals surface area contributed by atoms with Gasteiger partial charge in [-0.25, -0.2) is 0 Å². The van der Waals surface area contributed by atoms with Crippen molar-refractivity contribution in [3.05, 3.63) is 29.8 Å². The van der Waals surface area contributed by atoms with Crippen molar-refractivity contribution < 1.29 is 0 Å². The van der Waals surface area contributed by atoms with Gasteiger partial charge in [-0.05, 0) is 36.4 Å². The molecule has 1 rings (SSSR count). The molecule has 0 spiro atoms. The zero-order valence-electron chi connectivity index (χ0n) is 11.1. The molecule has 0 unspecified atom stereocenters. The van der Waals surface area contributed by atoms with E-state index in [9.17, 15) is 0 Å². The Bertz CT molecular complexity index is 296. The topological polar surface area (TPSA) is 24.1 Å². The fraction of sp³-hybridized carbons (Fsp3) is 0.571. The summed E-state index contributed by atoms with van der Waals surface area (Å²) in [5.74, 6) is 0.731. The van der Waals surface area contributed by atoms with Gasteiger partial charge in [-0.2, -0.15) is 0 Å². The molecule has 0 bridgehead atoms. The van der Waals surface area contributed by atoms with Crippen LogP contribution in [0.5, 0.6) is 0 Å². The van der Waals surface area contributed by atoms with Crippen molar-refractivity contribution >= 4 is 11.8 Å². The summed E-state index contributed by atoms with van der Waals surface area (Å²) in [7, 11) is 0. The van der Waals surface area contributed by atoms with Crippen LogP contribution in [-0.2, 0) is 6.54 Å². The van der Waals surface area contributed by atoms with Gasteiger partial charge in [0.2, 0.25) is 0 Å². The molecule has 0 heterocycles. The molecule has 0 radical (unpaired) electrons. The van der Waals surface area contributed by atoms with Gasteiger partial charge in [-0.1, -0.05) is 26.0 Å². The Labute approximate surface area is 110 Å². The average Bonchev–Trinajstić information content (AvgIpc) is 2.34. The molecule has 0 aromatic heterocycles. The van der Waals surface area contributed by atoms with Crippen LogP contribution in [0.15, 0.2) is 29.2 Å². The molecule has 0 saturated carbocycles. The van der Waals surface area contributed by atoms with Gasteiger partial charge in [0.05, 0.1) is 0 Å². The van der Waals surface area contributed by atoms with Crippen molar-refractivity contribution in [2.24, 2.45) is 5.92 Å². The largest absolute Gasteiger partial charge is 0.315 e. The minimum Gasteiger partial charge on any atom is -0.315 e. The first-order chi connectivity index (χ1) is 8.22. The lowest BCUT2D eigenvalue weighted by atomic mass is 10.2. The highest BCUT2D eigenvalue weighted by molar-refractivity contribution is 7.98. The summed E-state index contributed by atoms with van der Waals surface area (Å²) < 4.78 is 0. The van der Waals surface area contributed by atoms with Gasteiger partial charge in [0.25, 0.3) is 0 Å². The summed E-state index contributed by atoms with van der Waals surface area (Å²) in [5.41, 5.74) is 1.35. The van der Waals surface area contributed by atoms with Crippen LogP contribution in [0.2, 0.25) is 0 Å². The average molecular weight is 252 g/mol. The predicted molar refractivity (Wildman–Crippen MR) is 77.6 cm³/mol. The van der Waals surface area contributed by atoms with E-state index in [0.717, 1.165) is 32.1 Å². The Morgan fingerprint density at radius 1 is 1.06 bits per heavy atom. The normalized spacial score (nSPS) is 11.1. The third-order valence-electron chi connectivity index (χ3n) is 2.52. The van der Waals surface area contributed by atoms with Crippen molar-refractivity contribution in [3.63, 3.8) is 0 Å². The zero-order valence-corrected chi connectivity index (χ0v) is 11.9. The maximum Gasteiger partial charge on any atom is 0.0206 e. The first-order valence-corrected chi connectivity index (χ1v) is 7.49. The van der Waals surface area contributed by atoms with E-state index in [2.05, 4.69) is 55.0 Å². The van der Waals surface area contributed by atoms with E-state index >= 15 is 0 Å². The summed E-state index contributed by atoms with van der Waals surface area (Å²) in [4.78, 5) is 1.33. The Morgan fingerprint density at radius 2 is 1.71 bits per heavy atom. The molecule has 1 aromatic rings. The van der Waals surface area contributed by atoms with Crippen LogP contribution in [-0.4, -0.2) is 25.9 Å². The van der Waals surface area contributed by atoms with Gasteiger partial charge in [-0.3, -0.25) is 0 Å². The molecule has 0 saturated heterocycles. The quantitative estimate of drug-likeness (QED) is 0.549. The molecular formula is C14H24N2S. The number of hydrogen-bond donors (Lipinski definition) is 2. The minimum atomic E-state index is 0.731. The summed E-state index contributed by atoms with van der Waals surface area (Å²) in [5, 5.41) is 6.87. The smallest absolute Gasteiger partial charge is 0.0206 e. The zero-order chi connectivity index (χ0) is 12.5. The summed E-state index contributed by atoms with van der Waals surface area (Å²) in [6.07, 6.45) is 2.10. The summed E-state index contributed by atoms with van der Waals surface area (Å²) >= 11 is 1.78. The molecule has 0 fully saturated rings. The Morgan fingerprint density at radius 3 is 2.29 bits per heavy atom. The molecule has 96 valence electrons. The number of thioether (sulfide) groups is 1. The second-order valence-corrected chi connectivity index (χ2v) is 5.50. The third-order valence-corrected chi connectivity index (χ3v) is 3.26. The van der Waals surface area contributed by atoms with Gasteiger partial charge in [0.1, 0.15) is 0 Å². The molecule has 0 aliphatic heterocycles. The van der Waals surface area contributed by atoms with E-state index in [1.807, 2.05) is 0 Å². The van der Waals surface area contributed by atoms with Crippen LogP contribution in [0.1, 0.15) is 19.4 Å².